The van der Waals surface area contributed by atoms with Crippen LogP contribution in [0.25, 0.3) is 10.8 Å². The number of rotatable bonds is 3. The molecule has 3 heteroatoms. The van der Waals surface area contributed by atoms with Crippen LogP contribution in [-0.4, -0.2) is 19.4 Å². The summed E-state index contributed by atoms with van der Waals surface area (Å²) < 4.78 is 5.20. The molecule has 0 spiro atoms. The van der Waals surface area contributed by atoms with Crippen molar-refractivity contribution >= 4 is 16.6 Å². The molecule has 3 nitrogen and oxygen atoms in total. The molecule has 0 saturated carbocycles. The van der Waals surface area contributed by atoms with Gasteiger partial charge in [-0.15, -0.1) is 0 Å². The summed E-state index contributed by atoms with van der Waals surface area (Å²) in [5, 5.41) is 1.90. The SMILES string of the molecule is COc1ccc2ccccc2c1C(=O)CN. The number of methoxy groups -OCH3 is 1. The van der Waals surface area contributed by atoms with E-state index in [1.165, 1.54) is 0 Å². The van der Waals surface area contributed by atoms with Crippen LogP contribution in [0.15, 0.2) is 36.4 Å². The zero-order valence-corrected chi connectivity index (χ0v) is 9.07. The standard InChI is InChI=1S/C13H13NO2/c1-16-12-7-6-9-4-2-3-5-10(9)13(12)11(15)8-14/h2-7H,8,14H2,1H3. The number of benzene rings is 2. The summed E-state index contributed by atoms with van der Waals surface area (Å²) in [6, 6.07) is 11.4. The Morgan fingerprint density at radius 3 is 2.69 bits per heavy atom. The number of carbonyl (C=O) groups is 1. The van der Waals surface area contributed by atoms with E-state index in [1.54, 1.807) is 13.2 Å². The number of ether oxygens (including phenoxy) is 1. The fourth-order valence-corrected chi connectivity index (χ4v) is 1.81. The van der Waals surface area contributed by atoms with Crippen molar-refractivity contribution in [3.8, 4) is 5.75 Å². The predicted molar refractivity (Wildman–Crippen MR) is 63.9 cm³/mol. The Labute approximate surface area is 93.8 Å². The highest BCUT2D eigenvalue weighted by Crippen LogP contribution is 2.27. The van der Waals surface area contributed by atoms with Crippen molar-refractivity contribution in [2.75, 3.05) is 13.7 Å². The van der Waals surface area contributed by atoms with Crippen LogP contribution < -0.4 is 10.5 Å². The van der Waals surface area contributed by atoms with Gasteiger partial charge in [0.1, 0.15) is 5.75 Å². The first kappa shape index (κ1) is 10.6. The highest BCUT2D eigenvalue weighted by atomic mass is 16.5. The van der Waals surface area contributed by atoms with Crippen LogP contribution >= 0.6 is 0 Å². The molecule has 0 aliphatic heterocycles. The lowest BCUT2D eigenvalue weighted by Gasteiger charge is -2.10. The zero-order chi connectivity index (χ0) is 11.5. The number of ketones is 1. The van der Waals surface area contributed by atoms with E-state index in [9.17, 15) is 4.79 Å². The lowest BCUT2D eigenvalue weighted by atomic mass is 10.0. The molecule has 0 aromatic heterocycles. The van der Waals surface area contributed by atoms with Gasteiger partial charge in [0, 0.05) is 0 Å². The topological polar surface area (TPSA) is 52.3 Å². The predicted octanol–water partition coefficient (Wildman–Crippen LogP) is 1.99. The Kier molecular flexibility index (Phi) is 2.88. The smallest absolute Gasteiger partial charge is 0.180 e. The van der Waals surface area contributed by atoms with Gasteiger partial charge in [0.05, 0.1) is 19.2 Å². The quantitative estimate of drug-likeness (QED) is 0.796. The van der Waals surface area contributed by atoms with Crippen molar-refractivity contribution in [2.45, 2.75) is 0 Å². The average molecular weight is 215 g/mol. The normalized spacial score (nSPS) is 10.4. The molecule has 0 amide bonds. The van der Waals surface area contributed by atoms with Gasteiger partial charge in [-0.25, -0.2) is 0 Å². The molecular weight excluding hydrogens is 202 g/mol. The Hall–Kier alpha value is -1.87. The van der Waals surface area contributed by atoms with E-state index in [-0.39, 0.29) is 12.3 Å². The largest absolute Gasteiger partial charge is 0.496 e. The Morgan fingerprint density at radius 1 is 1.25 bits per heavy atom. The fourth-order valence-electron chi connectivity index (χ4n) is 1.81. The first-order valence-corrected chi connectivity index (χ1v) is 5.07. The molecule has 2 aromatic carbocycles. The molecule has 0 aliphatic carbocycles. The fraction of sp³-hybridized carbons (Fsp3) is 0.154. The van der Waals surface area contributed by atoms with E-state index < -0.39 is 0 Å². The number of hydrogen-bond acceptors (Lipinski definition) is 3. The van der Waals surface area contributed by atoms with E-state index >= 15 is 0 Å². The van der Waals surface area contributed by atoms with Gasteiger partial charge in [-0.1, -0.05) is 30.3 Å². The maximum atomic E-state index is 11.8. The molecule has 0 atom stereocenters. The Morgan fingerprint density at radius 2 is 2.00 bits per heavy atom. The molecule has 82 valence electrons. The summed E-state index contributed by atoms with van der Waals surface area (Å²) in [5.41, 5.74) is 5.99. The van der Waals surface area contributed by atoms with Crippen molar-refractivity contribution in [2.24, 2.45) is 5.73 Å². The summed E-state index contributed by atoms with van der Waals surface area (Å²) in [6.07, 6.45) is 0. The van der Waals surface area contributed by atoms with Crippen molar-refractivity contribution in [1.29, 1.82) is 0 Å². The van der Waals surface area contributed by atoms with Gasteiger partial charge in [0.15, 0.2) is 5.78 Å². The van der Waals surface area contributed by atoms with Crippen molar-refractivity contribution in [3.05, 3.63) is 42.0 Å². The first-order chi connectivity index (χ1) is 7.77. The van der Waals surface area contributed by atoms with Crippen LogP contribution in [0.4, 0.5) is 0 Å². The van der Waals surface area contributed by atoms with Crippen LogP contribution in [0.1, 0.15) is 10.4 Å². The molecule has 0 radical (unpaired) electrons. The molecule has 0 aliphatic rings. The van der Waals surface area contributed by atoms with Crippen molar-refractivity contribution in [3.63, 3.8) is 0 Å². The highest BCUT2D eigenvalue weighted by molar-refractivity contribution is 6.11. The minimum atomic E-state index is -0.103. The van der Waals surface area contributed by atoms with E-state index in [4.69, 9.17) is 10.5 Å². The van der Waals surface area contributed by atoms with E-state index in [0.29, 0.717) is 11.3 Å². The van der Waals surface area contributed by atoms with Gasteiger partial charge in [0.2, 0.25) is 0 Å². The molecule has 0 fully saturated rings. The molecule has 2 rings (SSSR count). The third-order valence-electron chi connectivity index (χ3n) is 2.57. The average Bonchev–Trinajstić information content (AvgIpc) is 2.36. The zero-order valence-electron chi connectivity index (χ0n) is 9.07. The minimum Gasteiger partial charge on any atom is -0.496 e. The van der Waals surface area contributed by atoms with Crippen LogP contribution in [0.2, 0.25) is 0 Å². The van der Waals surface area contributed by atoms with Crippen LogP contribution in [-0.2, 0) is 0 Å². The summed E-state index contributed by atoms with van der Waals surface area (Å²) in [7, 11) is 1.55. The number of nitrogens with two attached hydrogens (primary N) is 1. The molecule has 0 heterocycles. The molecule has 0 unspecified atom stereocenters. The Bertz CT molecular complexity index is 534. The second-order valence-corrected chi connectivity index (χ2v) is 3.49. The molecule has 2 N–H and O–H groups in total. The maximum absolute atomic E-state index is 11.8. The van der Waals surface area contributed by atoms with Gasteiger partial charge < -0.3 is 10.5 Å². The third kappa shape index (κ3) is 1.66. The van der Waals surface area contributed by atoms with E-state index in [2.05, 4.69) is 0 Å². The Balaban J connectivity index is 2.78. The lowest BCUT2D eigenvalue weighted by Crippen LogP contribution is -2.15. The van der Waals surface area contributed by atoms with E-state index in [1.807, 2.05) is 30.3 Å². The van der Waals surface area contributed by atoms with Gasteiger partial charge in [-0.05, 0) is 16.8 Å². The number of Topliss-reactive ketones (excluding diaryl/α,β-unsaturated/α-hetero) is 1. The van der Waals surface area contributed by atoms with Gasteiger partial charge >= 0.3 is 0 Å². The summed E-state index contributed by atoms with van der Waals surface area (Å²) in [4.78, 5) is 11.8. The van der Waals surface area contributed by atoms with Gasteiger partial charge in [0.25, 0.3) is 0 Å². The first-order valence-electron chi connectivity index (χ1n) is 5.07. The van der Waals surface area contributed by atoms with Crippen LogP contribution in [0.5, 0.6) is 5.75 Å². The van der Waals surface area contributed by atoms with Gasteiger partial charge in [-0.2, -0.15) is 0 Å². The number of carbonyl (C=O) groups excluding carboxylic acids is 1. The van der Waals surface area contributed by atoms with Crippen LogP contribution in [0.3, 0.4) is 0 Å². The summed E-state index contributed by atoms with van der Waals surface area (Å²) in [5.74, 6) is 0.475. The summed E-state index contributed by atoms with van der Waals surface area (Å²) >= 11 is 0. The molecular formula is C13H13NO2. The van der Waals surface area contributed by atoms with E-state index in [0.717, 1.165) is 10.8 Å². The van der Waals surface area contributed by atoms with Crippen LogP contribution in [0, 0.1) is 0 Å². The lowest BCUT2D eigenvalue weighted by molar-refractivity contribution is 0.1000. The summed E-state index contributed by atoms with van der Waals surface area (Å²) in [6.45, 7) is -0.00956. The monoisotopic (exact) mass is 215 g/mol. The van der Waals surface area contributed by atoms with Crippen molar-refractivity contribution < 1.29 is 9.53 Å². The number of fused-ring (bicyclic) bond motifs is 1. The highest BCUT2D eigenvalue weighted by Gasteiger charge is 2.14. The number of hydrogen-bond donors (Lipinski definition) is 1. The minimum absolute atomic E-state index is 0.00956. The second kappa shape index (κ2) is 4.33. The van der Waals surface area contributed by atoms with Crippen molar-refractivity contribution in [1.82, 2.24) is 0 Å². The molecule has 0 bridgehead atoms. The maximum Gasteiger partial charge on any atom is 0.180 e. The molecule has 16 heavy (non-hydrogen) atoms. The molecule has 0 saturated heterocycles. The third-order valence-corrected chi connectivity index (χ3v) is 2.57. The van der Waals surface area contributed by atoms with Gasteiger partial charge in [-0.3, -0.25) is 4.79 Å². The molecule has 2 aromatic rings. The second-order valence-electron chi connectivity index (χ2n) is 3.49.